The van der Waals surface area contributed by atoms with Gasteiger partial charge in [-0.2, -0.15) is 0 Å². The van der Waals surface area contributed by atoms with E-state index in [1.54, 1.807) is 6.20 Å². The summed E-state index contributed by atoms with van der Waals surface area (Å²) < 4.78 is 0.979. The highest BCUT2D eigenvalue weighted by molar-refractivity contribution is 9.10. The first kappa shape index (κ1) is 12.5. The molecular formula is C11H17BrN2O. The van der Waals surface area contributed by atoms with Crippen molar-refractivity contribution in [3.63, 3.8) is 0 Å². The number of nitrogens with one attached hydrogen (secondary N) is 1. The third kappa shape index (κ3) is 3.80. The average Bonchev–Trinajstić information content (AvgIpc) is 2.16. The molecule has 0 aliphatic heterocycles. The van der Waals surface area contributed by atoms with Crippen LogP contribution in [0.5, 0.6) is 0 Å². The Morgan fingerprint density at radius 2 is 2.20 bits per heavy atom. The van der Waals surface area contributed by atoms with Crippen molar-refractivity contribution in [3.05, 3.63) is 22.3 Å². The number of aryl methyl sites for hydroxylation is 1. The Morgan fingerprint density at radius 3 is 2.73 bits per heavy atom. The third-order valence-corrected chi connectivity index (χ3v) is 2.64. The summed E-state index contributed by atoms with van der Waals surface area (Å²) in [5.74, 6) is 0.875. The number of nitrogens with zero attached hydrogens (tertiary/aromatic N) is 1. The maximum atomic E-state index is 9.12. The summed E-state index contributed by atoms with van der Waals surface area (Å²) in [4.78, 5) is 4.28. The number of aromatic nitrogens is 1. The minimum atomic E-state index is -0.124. The molecule has 0 aliphatic rings. The smallest absolute Gasteiger partial charge is 0.128 e. The topological polar surface area (TPSA) is 45.2 Å². The van der Waals surface area contributed by atoms with Crippen molar-refractivity contribution in [2.24, 2.45) is 5.41 Å². The van der Waals surface area contributed by atoms with Crippen molar-refractivity contribution in [2.75, 3.05) is 18.5 Å². The first-order valence-corrected chi connectivity index (χ1v) is 5.71. The van der Waals surface area contributed by atoms with Gasteiger partial charge in [-0.3, -0.25) is 0 Å². The van der Waals surface area contributed by atoms with Crippen molar-refractivity contribution in [2.45, 2.75) is 20.8 Å². The van der Waals surface area contributed by atoms with E-state index in [4.69, 9.17) is 5.11 Å². The number of pyridine rings is 1. The maximum absolute atomic E-state index is 9.12. The lowest BCUT2D eigenvalue weighted by Crippen LogP contribution is -2.27. The fourth-order valence-electron chi connectivity index (χ4n) is 1.10. The molecule has 0 aromatic carbocycles. The highest BCUT2D eigenvalue weighted by Crippen LogP contribution is 2.19. The molecule has 4 heteroatoms. The largest absolute Gasteiger partial charge is 0.396 e. The summed E-state index contributed by atoms with van der Waals surface area (Å²) in [7, 11) is 0. The second kappa shape index (κ2) is 4.94. The predicted molar refractivity (Wildman–Crippen MR) is 66.0 cm³/mol. The fourth-order valence-corrected chi connectivity index (χ4v) is 1.55. The first-order chi connectivity index (χ1) is 6.94. The Kier molecular flexibility index (Phi) is 4.11. The summed E-state index contributed by atoms with van der Waals surface area (Å²) in [6.45, 7) is 6.89. The zero-order valence-corrected chi connectivity index (χ0v) is 10.9. The maximum Gasteiger partial charge on any atom is 0.128 e. The lowest BCUT2D eigenvalue weighted by Gasteiger charge is -2.22. The fraction of sp³-hybridized carbons (Fsp3) is 0.545. The van der Waals surface area contributed by atoms with Gasteiger partial charge in [-0.1, -0.05) is 13.8 Å². The molecule has 84 valence electrons. The van der Waals surface area contributed by atoms with Gasteiger partial charge in [-0.15, -0.1) is 0 Å². The molecule has 1 rings (SSSR count). The number of rotatable bonds is 4. The molecule has 0 spiro atoms. The van der Waals surface area contributed by atoms with E-state index in [0.29, 0.717) is 6.54 Å². The zero-order valence-electron chi connectivity index (χ0n) is 9.34. The molecule has 1 aromatic rings. The van der Waals surface area contributed by atoms with Crippen LogP contribution in [0, 0.1) is 12.3 Å². The van der Waals surface area contributed by atoms with Gasteiger partial charge in [0.25, 0.3) is 0 Å². The van der Waals surface area contributed by atoms with E-state index in [1.807, 2.05) is 26.8 Å². The van der Waals surface area contributed by atoms with E-state index < -0.39 is 0 Å². The average molecular weight is 273 g/mol. The number of hydrogen-bond acceptors (Lipinski definition) is 3. The Balaban J connectivity index is 2.66. The third-order valence-electron chi connectivity index (χ3n) is 2.21. The molecule has 0 saturated carbocycles. The number of halogens is 1. The van der Waals surface area contributed by atoms with Gasteiger partial charge in [0, 0.05) is 29.2 Å². The molecule has 0 unspecified atom stereocenters. The van der Waals surface area contributed by atoms with Gasteiger partial charge in [-0.25, -0.2) is 4.98 Å². The van der Waals surface area contributed by atoms with Crippen molar-refractivity contribution in [3.8, 4) is 0 Å². The van der Waals surface area contributed by atoms with E-state index in [9.17, 15) is 0 Å². The predicted octanol–water partition coefficient (Wildman–Crippen LogP) is 2.58. The van der Waals surface area contributed by atoms with Crippen LogP contribution in [0.15, 0.2) is 16.7 Å². The number of anilines is 1. The second-order valence-corrected chi connectivity index (χ2v) is 5.41. The van der Waals surface area contributed by atoms with Gasteiger partial charge < -0.3 is 10.4 Å². The Morgan fingerprint density at radius 1 is 1.53 bits per heavy atom. The van der Waals surface area contributed by atoms with Crippen molar-refractivity contribution < 1.29 is 5.11 Å². The van der Waals surface area contributed by atoms with Crippen LogP contribution in [0.4, 0.5) is 5.82 Å². The monoisotopic (exact) mass is 272 g/mol. The molecule has 3 nitrogen and oxygen atoms in total. The van der Waals surface area contributed by atoms with E-state index in [2.05, 4.69) is 26.2 Å². The SMILES string of the molecule is Cc1cc(Br)cnc1NCC(C)(C)CO. The minimum absolute atomic E-state index is 0.124. The van der Waals surface area contributed by atoms with Crippen molar-refractivity contribution >= 4 is 21.7 Å². The molecule has 0 aliphatic carbocycles. The Bertz CT molecular complexity index is 339. The zero-order chi connectivity index (χ0) is 11.5. The van der Waals surface area contributed by atoms with Gasteiger partial charge in [0.2, 0.25) is 0 Å². The molecule has 0 atom stereocenters. The summed E-state index contributed by atoms with van der Waals surface area (Å²) in [5, 5.41) is 12.4. The molecule has 1 aromatic heterocycles. The molecule has 0 bridgehead atoms. The quantitative estimate of drug-likeness (QED) is 0.886. The van der Waals surface area contributed by atoms with Gasteiger partial charge >= 0.3 is 0 Å². The van der Waals surface area contributed by atoms with Crippen LogP contribution in [-0.2, 0) is 0 Å². The van der Waals surface area contributed by atoms with E-state index in [1.165, 1.54) is 0 Å². The van der Waals surface area contributed by atoms with Gasteiger partial charge in [-0.05, 0) is 34.5 Å². The van der Waals surface area contributed by atoms with E-state index in [-0.39, 0.29) is 12.0 Å². The summed E-state index contributed by atoms with van der Waals surface area (Å²) >= 11 is 3.37. The first-order valence-electron chi connectivity index (χ1n) is 4.91. The Hall–Kier alpha value is -0.610. The molecule has 0 radical (unpaired) electrons. The molecular weight excluding hydrogens is 256 g/mol. The molecule has 1 heterocycles. The van der Waals surface area contributed by atoms with E-state index in [0.717, 1.165) is 15.9 Å². The number of hydrogen-bond donors (Lipinski definition) is 2. The summed E-state index contributed by atoms with van der Waals surface area (Å²) in [5.41, 5.74) is 0.972. The van der Waals surface area contributed by atoms with Crippen LogP contribution in [0.25, 0.3) is 0 Å². The number of aliphatic hydroxyl groups excluding tert-OH is 1. The normalized spacial score (nSPS) is 11.5. The van der Waals surface area contributed by atoms with Crippen LogP contribution in [0.1, 0.15) is 19.4 Å². The molecule has 2 N–H and O–H groups in total. The minimum Gasteiger partial charge on any atom is -0.396 e. The molecule has 0 amide bonds. The lowest BCUT2D eigenvalue weighted by molar-refractivity contribution is 0.170. The molecule has 0 saturated heterocycles. The van der Waals surface area contributed by atoms with Crippen molar-refractivity contribution in [1.82, 2.24) is 4.98 Å². The van der Waals surface area contributed by atoms with Gasteiger partial charge in [0.05, 0.1) is 0 Å². The van der Waals surface area contributed by atoms with Crippen LogP contribution in [0.3, 0.4) is 0 Å². The lowest BCUT2D eigenvalue weighted by atomic mass is 9.95. The molecule has 15 heavy (non-hydrogen) atoms. The van der Waals surface area contributed by atoms with Crippen LogP contribution < -0.4 is 5.32 Å². The van der Waals surface area contributed by atoms with Crippen molar-refractivity contribution in [1.29, 1.82) is 0 Å². The number of aliphatic hydroxyl groups is 1. The highest BCUT2D eigenvalue weighted by Gasteiger charge is 2.16. The summed E-state index contributed by atoms with van der Waals surface area (Å²) in [6.07, 6.45) is 1.77. The van der Waals surface area contributed by atoms with E-state index >= 15 is 0 Å². The standard InChI is InChI=1S/C11H17BrN2O/c1-8-4-9(12)5-13-10(8)14-6-11(2,3)7-15/h4-5,15H,6-7H2,1-3H3,(H,13,14). The van der Waals surface area contributed by atoms with Gasteiger partial charge in [0.1, 0.15) is 5.82 Å². The second-order valence-electron chi connectivity index (χ2n) is 4.49. The van der Waals surface area contributed by atoms with Crippen LogP contribution in [0.2, 0.25) is 0 Å². The summed E-state index contributed by atoms with van der Waals surface area (Å²) in [6, 6.07) is 2.02. The highest BCUT2D eigenvalue weighted by atomic mass is 79.9. The van der Waals surface area contributed by atoms with Crippen LogP contribution in [-0.4, -0.2) is 23.2 Å². The van der Waals surface area contributed by atoms with Gasteiger partial charge in [0.15, 0.2) is 0 Å². The molecule has 0 fully saturated rings. The van der Waals surface area contributed by atoms with Crippen LogP contribution >= 0.6 is 15.9 Å². The Labute approximate surface area is 99.1 Å².